The molecule has 92 valence electrons. The van der Waals surface area contributed by atoms with Gasteiger partial charge in [-0.25, -0.2) is 4.39 Å². The van der Waals surface area contributed by atoms with Crippen LogP contribution in [0.4, 0.5) is 4.39 Å². The average Bonchev–Trinajstić information content (AvgIpc) is 2.79. The summed E-state index contributed by atoms with van der Waals surface area (Å²) in [7, 11) is 0. The summed E-state index contributed by atoms with van der Waals surface area (Å²) in [6, 6.07) is 1.40. The molecule has 5 heteroatoms. The molecule has 0 aliphatic heterocycles. The van der Waals surface area contributed by atoms with E-state index in [-0.39, 0.29) is 17.0 Å². The van der Waals surface area contributed by atoms with Crippen molar-refractivity contribution in [2.24, 2.45) is 0 Å². The van der Waals surface area contributed by atoms with Crippen LogP contribution in [0.2, 0.25) is 0 Å². The van der Waals surface area contributed by atoms with Gasteiger partial charge in [0.05, 0.1) is 17.3 Å². The molecule has 0 aromatic carbocycles. The third-order valence-electron chi connectivity index (χ3n) is 3.21. The van der Waals surface area contributed by atoms with E-state index in [0.29, 0.717) is 5.33 Å². The lowest BCUT2D eigenvalue weighted by molar-refractivity contribution is 0.0906. The zero-order valence-corrected chi connectivity index (χ0v) is 11.0. The van der Waals surface area contributed by atoms with Crippen molar-refractivity contribution in [3.8, 4) is 0 Å². The highest BCUT2D eigenvalue weighted by molar-refractivity contribution is 9.09. The maximum Gasteiger partial charge on any atom is 0.254 e. The van der Waals surface area contributed by atoms with Crippen LogP contribution in [0.25, 0.3) is 0 Å². The average molecular weight is 301 g/mol. The Morgan fingerprint density at radius 3 is 2.82 bits per heavy atom. The molecule has 1 saturated carbocycles. The predicted octanol–water partition coefficient (Wildman–Crippen LogP) is 2.66. The van der Waals surface area contributed by atoms with E-state index in [1.807, 2.05) is 0 Å². The first kappa shape index (κ1) is 12.5. The molecule has 0 saturated heterocycles. The van der Waals surface area contributed by atoms with Gasteiger partial charge in [-0.15, -0.1) is 0 Å². The van der Waals surface area contributed by atoms with Crippen molar-refractivity contribution in [1.82, 2.24) is 10.3 Å². The van der Waals surface area contributed by atoms with Crippen LogP contribution in [0.1, 0.15) is 36.0 Å². The van der Waals surface area contributed by atoms with Gasteiger partial charge in [-0.3, -0.25) is 9.78 Å². The molecule has 1 aliphatic rings. The fourth-order valence-electron chi connectivity index (χ4n) is 2.21. The predicted molar refractivity (Wildman–Crippen MR) is 66.7 cm³/mol. The zero-order valence-electron chi connectivity index (χ0n) is 9.38. The minimum Gasteiger partial charge on any atom is -0.346 e. The summed E-state index contributed by atoms with van der Waals surface area (Å²) in [6.07, 6.45) is 6.57. The van der Waals surface area contributed by atoms with E-state index in [2.05, 4.69) is 26.2 Å². The van der Waals surface area contributed by atoms with E-state index in [1.54, 1.807) is 0 Å². The molecule has 1 heterocycles. The molecule has 0 bridgehead atoms. The van der Waals surface area contributed by atoms with Gasteiger partial charge < -0.3 is 5.32 Å². The normalized spacial score (nSPS) is 18.0. The Labute approximate surface area is 108 Å². The molecular formula is C12H14BrFN2O. The van der Waals surface area contributed by atoms with Gasteiger partial charge in [0, 0.05) is 11.5 Å². The van der Waals surface area contributed by atoms with Crippen LogP contribution in [0.5, 0.6) is 0 Å². The molecule has 2 rings (SSSR count). The summed E-state index contributed by atoms with van der Waals surface area (Å²) >= 11 is 3.43. The molecule has 17 heavy (non-hydrogen) atoms. The van der Waals surface area contributed by atoms with Gasteiger partial charge in [0.15, 0.2) is 5.82 Å². The van der Waals surface area contributed by atoms with Gasteiger partial charge >= 0.3 is 0 Å². The van der Waals surface area contributed by atoms with Crippen LogP contribution in [0.15, 0.2) is 18.5 Å². The highest BCUT2D eigenvalue weighted by atomic mass is 79.9. The summed E-state index contributed by atoms with van der Waals surface area (Å²) < 4.78 is 13.4. The molecule has 0 atom stereocenters. The largest absolute Gasteiger partial charge is 0.346 e. The fraction of sp³-hybridized carbons (Fsp3) is 0.500. The molecule has 1 amide bonds. The van der Waals surface area contributed by atoms with Crippen molar-refractivity contribution in [2.45, 2.75) is 31.2 Å². The lowest BCUT2D eigenvalue weighted by atomic mass is 10.00. The monoisotopic (exact) mass is 300 g/mol. The number of halogens is 2. The van der Waals surface area contributed by atoms with Gasteiger partial charge in [0.25, 0.3) is 5.91 Å². The first-order chi connectivity index (χ1) is 8.17. The SMILES string of the molecule is O=C(NC1(CBr)CCCC1)c1ccncc1F. The number of pyridine rings is 1. The third kappa shape index (κ3) is 2.65. The quantitative estimate of drug-likeness (QED) is 0.872. The van der Waals surface area contributed by atoms with Crippen molar-refractivity contribution in [1.29, 1.82) is 0 Å². The highest BCUT2D eigenvalue weighted by Crippen LogP contribution is 2.31. The molecule has 1 fully saturated rings. The second-order valence-electron chi connectivity index (χ2n) is 4.43. The minimum atomic E-state index is -0.576. The molecule has 0 spiro atoms. The molecule has 1 aliphatic carbocycles. The van der Waals surface area contributed by atoms with Gasteiger partial charge in [-0.1, -0.05) is 28.8 Å². The summed E-state index contributed by atoms with van der Waals surface area (Å²) in [6.45, 7) is 0. The summed E-state index contributed by atoms with van der Waals surface area (Å²) in [4.78, 5) is 15.6. The van der Waals surface area contributed by atoms with E-state index in [9.17, 15) is 9.18 Å². The van der Waals surface area contributed by atoms with Crippen molar-refractivity contribution in [3.63, 3.8) is 0 Å². The lowest BCUT2D eigenvalue weighted by Crippen LogP contribution is -2.48. The number of carbonyl (C=O) groups excluding carboxylic acids is 1. The third-order valence-corrected chi connectivity index (χ3v) is 4.29. The van der Waals surface area contributed by atoms with Gasteiger partial charge in [0.2, 0.25) is 0 Å². The number of rotatable bonds is 3. The van der Waals surface area contributed by atoms with E-state index >= 15 is 0 Å². The minimum absolute atomic E-state index is 0.0622. The maximum absolute atomic E-state index is 13.4. The van der Waals surface area contributed by atoms with Crippen molar-refractivity contribution in [2.75, 3.05) is 5.33 Å². The number of nitrogens with one attached hydrogen (secondary N) is 1. The lowest BCUT2D eigenvalue weighted by Gasteiger charge is -2.28. The van der Waals surface area contributed by atoms with Gasteiger partial charge in [0.1, 0.15) is 0 Å². The highest BCUT2D eigenvalue weighted by Gasteiger charge is 2.34. The number of hydrogen-bond acceptors (Lipinski definition) is 2. The first-order valence-corrected chi connectivity index (χ1v) is 6.77. The Hall–Kier alpha value is -0.970. The van der Waals surface area contributed by atoms with Gasteiger partial charge in [-0.05, 0) is 18.9 Å². The first-order valence-electron chi connectivity index (χ1n) is 5.65. The van der Waals surface area contributed by atoms with E-state index < -0.39 is 5.82 Å². The van der Waals surface area contributed by atoms with E-state index in [1.165, 1.54) is 12.3 Å². The molecule has 3 nitrogen and oxygen atoms in total. The Morgan fingerprint density at radius 2 is 2.24 bits per heavy atom. The number of alkyl halides is 1. The van der Waals surface area contributed by atoms with Crippen LogP contribution in [-0.2, 0) is 0 Å². The number of amides is 1. The van der Waals surface area contributed by atoms with E-state index in [0.717, 1.165) is 31.9 Å². The van der Waals surface area contributed by atoms with Crippen molar-refractivity contribution in [3.05, 3.63) is 29.8 Å². The smallest absolute Gasteiger partial charge is 0.254 e. The van der Waals surface area contributed by atoms with Crippen molar-refractivity contribution < 1.29 is 9.18 Å². The molecule has 0 radical (unpaired) electrons. The summed E-state index contributed by atoms with van der Waals surface area (Å²) in [5.41, 5.74) is -0.153. The summed E-state index contributed by atoms with van der Waals surface area (Å²) in [5.74, 6) is -0.932. The van der Waals surface area contributed by atoms with Gasteiger partial charge in [-0.2, -0.15) is 0 Å². The van der Waals surface area contributed by atoms with E-state index in [4.69, 9.17) is 0 Å². The Bertz CT molecular complexity index is 419. The number of aromatic nitrogens is 1. The molecular weight excluding hydrogens is 287 g/mol. The van der Waals surface area contributed by atoms with Crippen LogP contribution in [-0.4, -0.2) is 21.8 Å². The zero-order chi connectivity index (χ0) is 12.3. The Balaban J connectivity index is 2.14. The second kappa shape index (κ2) is 5.12. The maximum atomic E-state index is 13.4. The molecule has 1 N–H and O–H groups in total. The number of hydrogen-bond donors (Lipinski definition) is 1. The topological polar surface area (TPSA) is 42.0 Å². The van der Waals surface area contributed by atoms with Crippen LogP contribution in [0, 0.1) is 5.82 Å². The number of carbonyl (C=O) groups is 1. The summed E-state index contributed by atoms with van der Waals surface area (Å²) in [5, 5.41) is 3.65. The second-order valence-corrected chi connectivity index (χ2v) is 4.99. The number of nitrogens with zero attached hydrogens (tertiary/aromatic N) is 1. The fourth-order valence-corrected chi connectivity index (χ4v) is 2.91. The molecule has 1 aromatic heterocycles. The van der Waals surface area contributed by atoms with Crippen LogP contribution >= 0.6 is 15.9 Å². The standard InChI is InChI=1S/C12H14BrFN2O/c13-8-12(4-1-2-5-12)16-11(17)9-3-6-15-7-10(9)14/h3,6-7H,1-2,4-5,8H2,(H,16,17). The molecule has 0 unspecified atom stereocenters. The Morgan fingerprint density at radius 1 is 1.53 bits per heavy atom. The van der Waals surface area contributed by atoms with Crippen LogP contribution in [0.3, 0.4) is 0 Å². The van der Waals surface area contributed by atoms with Crippen molar-refractivity contribution >= 4 is 21.8 Å². The Kier molecular flexibility index (Phi) is 3.76. The molecule has 1 aromatic rings. The van der Waals surface area contributed by atoms with Crippen LogP contribution < -0.4 is 5.32 Å².